The lowest BCUT2D eigenvalue weighted by molar-refractivity contribution is -0.137. The third kappa shape index (κ3) is 3.99. The van der Waals surface area contributed by atoms with E-state index < -0.39 is 11.7 Å². The predicted molar refractivity (Wildman–Crippen MR) is 72.8 cm³/mol. The molecule has 5 heteroatoms. The molecule has 0 aliphatic carbocycles. The Morgan fingerprint density at radius 3 is 1.70 bits per heavy atom. The highest BCUT2D eigenvalue weighted by molar-refractivity contribution is 5.39. The molecule has 2 nitrogen and oxygen atoms in total. The van der Waals surface area contributed by atoms with Crippen LogP contribution in [0.1, 0.15) is 16.7 Å². The Morgan fingerprint density at radius 2 is 1.25 bits per heavy atom. The van der Waals surface area contributed by atoms with Crippen LogP contribution in [0.4, 0.5) is 18.9 Å². The second-order valence-corrected chi connectivity index (χ2v) is 4.54. The molecule has 0 heterocycles. The lowest BCUT2D eigenvalue weighted by atomic mass is 10.1. The number of rotatable bonds is 4. The first-order chi connectivity index (χ1) is 9.45. The molecule has 0 radical (unpaired) electrons. The van der Waals surface area contributed by atoms with E-state index >= 15 is 0 Å². The summed E-state index contributed by atoms with van der Waals surface area (Å²) in [6.07, 6.45) is -4.28. The highest BCUT2D eigenvalue weighted by Gasteiger charge is 2.29. The molecule has 0 unspecified atom stereocenters. The summed E-state index contributed by atoms with van der Waals surface area (Å²) in [5.74, 6) is 0. The van der Waals surface area contributed by atoms with Gasteiger partial charge in [-0.25, -0.2) is 0 Å². The molecule has 0 atom stereocenters. The lowest BCUT2D eigenvalue weighted by Crippen LogP contribution is -2.13. The molecule has 0 aliphatic rings. The molecule has 0 fully saturated rings. The van der Waals surface area contributed by atoms with E-state index in [1.54, 1.807) is 0 Å². The molecule has 0 aromatic heterocycles. The Hall–Kier alpha value is -2.01. The average molecular weight is 280 g/mol. The molecule has 20 heavy (non-hydrogen) atoms. The molecular weight excluding hydrogens is 265 g/mol. The SMILES string of the molecule is Nc1ccc(CNCc2ccc(C(F)(F)F)cc2)cc1. The maximum Gasteiger partial charge on any atom is 0.416 e. The first-order valence-electron chi connectivity index (χ1n) is 6.16. The molecular formula is C15H15F3N2. The second-order valence-electron chi connectivity index (χ2n) is 4.54. The summed E-state index contributed by atoms with van der Waals surface area (Å²) < 4.78 is 37.2. The number of anilines is 1. The molecule has 3 N–H and O–H groups in total. The Balaban J connectivity index is 1.87. The molecule has 0 bridgehead atoms. The van der Waals surface area contributed by atoms with Crippen LogP contribution in [-0.2, 0) is 19.3 Å². The molecule has 0 spiro atoms. The highest BCUT2D eigenvalue weighted by atomic mass is 19.4. The maximum absolute atomic E-state index is 12.4. The van der Waals surface area contributed by atoms with Crippen LogP contribution in [0.25, 0.3) is 0 Å². The zero-order valence-corrected chi connectivity index (χ0v) is 10.7. The van der Waals surface area contributed by atoms with Gasteiger partial charge in [0.2, 0.25) is 0 Å². The van der Waals surface area contributed by atoms with Gasteiger partial charge in [0.05, 0.1) is 5.56 Å². The van der Waals surface area contributed by atoms with Gasteiger partial charge in [-0.05, 0) is 35.4 Å². The van der Waals surface area contributed by atoms with Gasteiger partial charge in [-0.1, -0.05) is 24.3 Å². The van der Waals surface area contributed by atoms with Crippen molar-refractivity contribution >= 4 is 5.69 Å². The van der Waals surface area contributed by atoms with E-state index in [4.69, 9.17) is 5.73 Å². The lowest BCUT2D eigenvalue weighted by Gasteiger charge is -2.08. The van der Waals surface area contributed by atoms with Gasteiger partial charge in [0, 0.05) is 18.8 Å². The molecule has 2 aromatic carbocycles. The zero-order valence-electron chi connectivity index (χ0n) is 10.7. The third-order valence-electron chi connectivity index (χ3n) is 2.92. The minimum Gasteiger partial charge on any atom is -0.399 e. The topological polar surface area (TPSA) is 38.0 Å². The average Bonchev–Trinajstić information content (AvgIpc) is 2.41. The van der Waals surface area contributed by atoms with Crippen LogP contribution in [0.15, 0.2) is 48.5 Å². The molecule has 0 saturated carbocycles. The van der Waals surface area contributed by atoms with Crippen molar-refractivity contribution in [2.75, 3.05) is 5.73 Å². The Labute approximate surface area is 115 Å². The Kier molecular flexibility index (Phi) is 4.29. The monoisotopic (exact) mass is 280 g/mol. The van der Waals surface area contributed by atoms with Crippen LogP contribution < -0.4 is 11.1 Å². The van der Waals surface area contributed by atoms with Gasteiger partial charge in [0.1, 0.15) is 0 Å². The number of hydrogen-bond acceptors (Lipinski definition) is 2. The van der Waals surface area contributed by atoms with Gasteiger partial charge >= 0.3 is 6.18 Å². The van der Waals surface area contributed by atoms with Gasteiger partial charge in [-0.15, -0.1) is 0 Å². The molecule has 0 aliphatic heterocycles. The summed E-state index contributed by atoms with van der Waals surface area (Å²) in [5, 5.41) is 3.17. The Morgan fingerprint density at radius 1 is 0.800 bits per heavy atom. The van der Waals surface area contributed by atoms with E-state index in [0.29, 0.717) is 18.8 Å². The maximum atomic E-state index is 12.4. The number of halogens is 3. The summed E-state index contributed by atoms with van der Waals surface area (Å²) in [6, 6.07) is 12.6. The van der Waals surface area contributed by atoms with Crippen molar-refractivity contribution in [3.05, 3.63) is 65.2 Å². The van der Waals surface area contributed by atoms with Crippen LogP contribution in [0.3, 0.4) is 0 Å². The van der Waals surface area contributed by atoms with Crippen molar-refractivity contribution < 1.29 is 13.2 Å². The summed E-state index contributed by atoms with van der Waals surface area (Å²) in [6.45, 7) is 1.16. The van der Waals surface area contributed by atoms with Crippen LogP contribution in [0.2, 0.25) is 0 Å². The predicted octanol–water partition coefficient (Wildman–Crippen LogP) is 3.58. The number of alkyl halides is 3. The quantitative estimate of drug-likeness (QED) is 0.840. The first kappa shape index (κ1) is 14.4. The van der Waals surface area contributed by atoms with E-state index in [2.05, 4.69) is 5.32 Å². The van der Waals surface area contributed by atoms with Gasteiger partial charge in [0.15, 0.2) is 0 Å². The number of nitrogens with two attached hydrogens (primary N) is 1. The normalized spacial score (nSPS) is 11.6. The van der Waals surface area contributed by atoms with Crippen LogP contribution in [0.5, 0.6) is 0 Å². The Bertz CT molecular complexity index is 545. The molecule has 0 saturated heterocycles. The van der Waals surface area contributed by atoms with Crippen LogP contribution in [-0.4, -0.2) is 0 Å². The van der Waals surface area contributed by atoms with E-state index in [1.165, 1.54) is 12.1 Å². The fourth-order valence-electron chi connectivity index (χ4n) is 1.80. The van der Waals surface area contributed by atoms with Gasteiger partial charge < -0.3 is 11.1 Å². The van der Waals surface area contributed by atoms with E-state index in [1.807, 2.05) is 24.3 Å². The van der Waals surface area contributed by atoms with Crippen molar-refractivity contribution in [2.45, 2.75) is 19.3 Å². The number of hydrogen-bond donors (Lipinski definition) is 2. The van der Waals surface area contributed by atoms with Crippen LogP contribution >= 0.6 is 0 Å². The fraction of sp³-hybridized carbons (Fsp3) is 0.200. The van der Waals surface area contributed by atoms with Gasteiger partial charge in [-0.2, -0.15) is 13.2 Å². The molecule has 2 aromatic rings. The summed E-state index contributed by atoms with van der Waals surface area (Å²) in [7, 11) is 0. The largest absolute Gasteiger partial charge is 0.416 e. The number of nitrogen functional groups attached to an aromatic ring is 1. The molecule has 106 valence electrons. The van der Waals surface area contributed by atoms with E-state index in [-0.39, 0.29) is 0 Å². The smallest absolute Gasteiger partial charge is 0.399 e. The number of benzene rings is 2. The van der Waals surface area contributed by atoms with Crippen molar-refractivity contribution in [2.24, 2.45) is 0 Å². The highest BCUT2D eigenvalue weighted by Crippen LogP contribution is 2.29. The third-order valence-corrected chi connectivity index (χ3v) is 2.92. The second kappa shape index (κ2) is 5.96. The fourth-order valence-corrected chi connectivity index (χ4v) is 1.80. The van der Waals surface area contributed by atoms with Crippen molar-refractivity contribution in [3.8, 4) is 0 Å². The molecule has 2 rings (SSSR count). The van der Waals surface area contributed by atoms with Crippen molar-refractivity contribution in [1.29, 1.82) is 0 Å². The first-order valence-corrected chi connectivity index (χ1v) is 6.16. The van der Waals surface area contributed by atoms with Crippen LogP contribution in [0, 0.1) is 0 Å². The summed E-state index contributed by atoms with van der Waals surface area (Å²) in [4.78, 5) is 0. The van der Waals surface area contributed by atoms with Crippen molar-refractivity contribution in [3.63, 3.8) is 0 Å². The van der Waals surface area contributed by atoms with Gasteiger partial charge in [0.25, 0.3) is 0 Å². The summed E-state index contributed by atoms with van der Waals surface area (Å²) in [5.41, 5.74) is 7.55. The minimum absolute atomic E-state index is 0.516. The zero-order chi connectivity index (χ0) is 14.6. The molecule has 0 amide bonds. The minimum atomic E-state index is -4.28. The summed E-state index contributed by atoms with van der Waals surface area (Å²) >= 11 is 0. The standard InChI is InChI=1S/C15H15F3N2/c16-15(17,18)13-5-1-11(2-6-13)9-20-10-12-3-7-14(19)8-4-12/h1-8,20H,9-10,19H2. The number of nitrogens with one attached hydrogen (secondary N) is 1. The van der Waals surface area contributed by atoms with E-state index in [9.17, 15) is 13.2 Å². The van der Waals surface area contributed by atoms with E-state index in [0.717, 1.165) is 23.3 Å². The van der Waals surface area contributed by atoms with Gasteiger partial charge in [-0.3, -0.25) is 0 Å². The van der Waals surface area contributed by atoms with Crippen molar-refractivity contribution in [1.82, 2.24) is 5.32 Å².